The molecule has 4 heteroatoms. The fraction of sp³-hybridized carbons (Fsp3) is 0.350. The number of unbranched alkanes of at least 4 members (excludes halogenated alkanes) is 1. The average Bonchev–Trinajstić information content (AvgIpc) is 2.57. The monoisotopic (exact) mass is 344 g/mol. The molecule has 0 aliphatic rings. The summed E-state index contributed by atoms with van der Waals surface area (Å²) in [4.78, 5) is 14.7. The zero-order valence-corrected chi connectivity index (χ0v) is 15.1. The highest BCUT2D eigenvalue weighted by Gasteiger charge is 2.13. The minimum atomic E-state index is -0.0294. The van der Waals surface area contributed by atoms with Gasteiger partial charge in [-0.15, -0.1) is 0 Å². The van der Waals surface area contributed by atoms with Crippen molar-refractivity contribution in [2.24, 2.45) is 0 Å². The van der Waals surface area contributed by atoms with Gasteiger partial charge in [-0.2, -0.15) is 0 Å². The number of nitrogens with zero attached hydrogens (tertiary/aromatic N) is 1. The van der Waals surface area contributed by atoms with Crippen molar-refractivity contribution in [2.45, 2.75) is 33.2 Å². The van der Waals surface area contributed by atoms with Crippen LogP contribution in [-0.4, -0.2) is 23.9 Å². The van der Waals surface area contributed by atoms with E-state index < -0.39 is 0 Å². The molecule has 0 bridgehead atoms. The summed E-state index contributed by atoms with van der Waals surface area (Å²) in [6, 6.07) is 15.9. The number of aryl methyl sites for hydroxylation is 1. The Bertz CT molecular complexity index is 638. The molecule has 0 radical (unpaired) electrons. The zero-order chi connectivity index (χ0) is 17.4. The lowest BCUT2D eigenvalue weighted by atomic mass is 10.2. The summed E-state index contributed by atoms with van der Waals surface area (Å²) >= 11 is 6.20. The molecule has 0 aliphatic heterocycles. The minimum absolute atomic E-state index is 0.0294. The van der Waals surface area contributed by atoms with Crippen LogP contribution < -0.4 is 5.32 Å². The number of hydrogen-bond donors (Lipinski definition) is 1. The predicted octanol–water partition coefficient (Wildman–Crippen LogP) is 4.89. The summed E-state index contributed by atoms with van der Waals surface area (Å²) < 4.78 is 0. The Hall–Kier alpha value is -1.84. The van der Waals surface area contributed by atoms with E-state index in [0.717, 1.165) is 31.5 Å². The molecule has 3 nitrogen and oxygen atoms in total. The maximum atomic E-state index is 12.5. The SMILES string of the molecule is CCCCN(CC(=O)Nc1c(C)cccc1Cl)Cc1ccccc1. The van der Waals surface area contributed by atoms with Crippen LogP contribution in [0.2, 0.25) is 5.02 Å². The van der Waals surface area contributed by atoms with Gasteiger partial charge in [0.05, 0.1) is 17.3 Å². The van der Waals surface area contributed by atoms with Crippen LogP contribution in [0.25, 0.3) is 0 Å². The van der Waals surface area contributed by atoms with E-state index in [2.05, 4.69) is 29.3 Å². The molecule has 0 unspecified atom stereocenters. The molecule has 2 aromatic rings. The summed E-state index contributed by atoms with van der Waals surface area (Å²) in [7, 11) is 0. The number of rotatable bonds is 8. The predicted molar refractivity (Wildman–Crippen MR) is 101 cm³/mol. The van der Waals surface area contributed by atoms with E-state index in [4.69, 9.17) is 11.6 Å². The molecular weight excluding hydrogens is 320 g/mol. The molecule has 2 rings (SSSR count). The van der Waals surface area contributed by atoms with E-state index in [1.807, 2.05) is 37.3 Å². The van der Waals surface area contributed by atoms with Crippen LogP contribution in [0.5, 0.6) is 0 Å². The average molecular weight is 345 g/mol. The van der Waals surface area contributed by atoms with Gasteiger partial charge >= 0.3 is 0 Å². The first-order chi connectivity index (χ1) is 11.6. The van der Waals surface area contributed by atoms with Crippen LogP contribution in [0, 0.1) is 6.92 Å². The molecule has 0 saturated carbocycles. The lowest BCUT2D eigenvalue weighted by Crippen LogP contribution is -2.33. The summed E-state index contributed by atoms with van der Waals surface area (Å²) in [5.41, 5.74) is 2.90. The Morgan fingerprint density at radius 3 is 2.54 bits per heavy atom. The van der Waals surface area contributed by atoms with Crippen LogP contribution in [0.4, 0.5) is 5.69 Å². The second-order valence-electron chi connectivity index (χ2n) is 6.03. The second-order valence-corrected chi connectivity index (χ2v) is 6.44. The summed E-state index contributed by atoms with van der Waals surface area (Å²) in [6.45, 7) is 6.14. The van der Waals surface area contributed by atoms with Gasteiger partial charge in [-0.25, -0.2) is 0 Å². The smallest absolute Gasteiger partial charge is 0.238 e. The lowest BCUT2D eigenvalue weighted by Gasteiger charge is -2.22. The number of halogens is 1. The normalized spacial score (nSPS) is 10.8. The van der Waals surface area contributed by atoms with Gasteiger partial charge in [0.2, 0.25) is 5.91 Å². The highest BCUT2D eigenvalue weighted by molar-refractivity contribution is 6.33. The molecule has 0 atom stereocenters. The first kappa shape index (κ1) is 18.5. The van der Waals surface area contributed by atoms with E-state index in [9.17, 15) is 4.79 Å². The Labute approximate surface area is 149 Å². The van der Waals surface area contributed by atoms with Gasteiger partial charge in [-0.05, 0) is 37.1 Å². The van der Waals surface area contributed by atoms with Crippen molar-refractivity contribution in [1.82, 2.24) is 4.90 Å². The number of benzene rings is 2. The summed E-state index contributed by atoms with van der Waals surface area (Å²) in [5, 5.41) is 3.53. The van der Waals surface area contributed by atoms with Gasteiger partial charge in [-0.1, -0.05) is 67.4 Å². The van der Waals surface area contributed by atoms with Crippen LogP contribution in [0.1, 0.15) is 30.9 Å². The second kappa shape index (κ2) is 9.45. The standard InChI is InChI=1S/C20H25ClN2O/c1-3-4-13-23(14-17-10-6-5-7-11-17)15-19(24)22-20-16(2)9-8-12-18(20)21/h5-12H,3-4,13-15H2,1-2H3,(H,22,24). The van der Waals surface area contributed by atoms with Gasteiger partial charge in [0.15, 0.2) is 0 Å². The van der Waals surface area contributed by atoms with Crippen molar-refractivity contribution in [3.63, 3.8) is 0 Å². The fourth-order valence-electron chi connectivity index (χ4n) is 2.61. The fourth-order valence-corrected chi connectivity index (χ4v) is 2.88. The topological polar surface area (TPSA) is 32.3 Å². The third-order valence-electron chi connectivity index (χ3n) is 3.93. The lowest BCUT2D eigenvalue weighted by molar-refractivity contribution is -0.117. The molecule has 1 N–H and O–H groups in total. The van der Waals surface area contributed by atoms with Gasteiger partial charge in [0, 0.05) is 6.54 Å². The molecule has 0 aromatic heterocycles. The number of para-hydroxylation sites is 1. The summed E-state index contributed by atoms with van der Waals surface area (Å²) in [5.74, 6) is -0.0294. The van der Waals surface area contributed by atoms with Crippen molar-refractivity contribution in [1.29, 1.82) is 0 Å². The van der Waals surface area contributed by atoms with Crippen molar-refractivity contribution in [2.75, 3.05) is 18.4 Å². The highest BCUT2D eigenvalue weighted by atomic mass is 35.5. The molecule has 1 amide bonds. The number of hydrogen-bond acceptors (Lipinski definition) is 2. The molecule has 0 heterocycles. The Balaban J connectivity index is 2.01. The van der Waals surface area contributed by atoms with Crippen molar-refractivity contribution < 1.29 is 4.79 Å². The summed E-state index contributed by atoms with van der Waals surface area (Å²) in [6.07, 6.45) is 2.18. The van der Waals surface area contributed by atoms with E-state index in [0.29, 0.717) is 17.3 Å². The maximum Gasteiger partial charge on any atom is 0.238 e. The van der Waals surface area contributed by atoms with E-state index >= 15 is 0 Å². The van der Waals surface area contributed by atoms with Crippen LogP contribution in [0.15, 0.2) is 48.5 Å². The molecule has 0 saturated heterocycles. The van der Waals surface area contributed by atoms with Gasteiger partial charge in [-0.3, -0.25) is 9.69 Å². The maximum absolute atomic E-state index is 12.5. The minimum Gasteiger partial charge on any atom is -0.323 e. The Morgan fingerprint density at radius 1 is 1.12 bits per heavy atom. The van der Waals surface area contributed by atoms with Crippen LogP contribution in [0.3, 0.4) is 0 Å². The molecule has 2 aromatic carbocycles. The Kier molecular flexibility index (Phi) is 7.29. The number of amides is 1. The molecule has 0 fully saturated rings. The quantitative estimate of drug-likeness (QED) is 0.739. The zero-order valence-electron chi connectivity index (χ0n) is 14.4. The first-order valence-electron chi connectivity index (χ1n) is 8.41. The number of carbonyl (C=O) groups is 1. The van der Waals surface area contributed by atoms with E-state index in [1.165, 1.54) is 5.56 Å². The molecule has 24 heavy (non-hydrogen) atoms. The first-order valence-corrected chi connectivity index (χ1v) is 8.79. The Morgan fingerprint density at radius 2 is 1.88 bits per heavy atom. The van der Waals surface area contributed by atoms with Gasteiger partial charge in [0.1, 0.15) is 0 Å². The number of carbonyl (C=O) groups excluding carboxylic acids is 1. The van der Waals surface area contributed by atoms with Gasteiger partial charge < -0.3 is 5.32 Å². The van der Waals surface area contributed by atoms with E-state index in [-0.39, 0.29) is 5.91 Å². The molecule has 128 valence electrons. The van der Waals surface area contributed by atoms with Crippen LogP contribution in [-0.2, 0) is 11.3 Å². The van der Waals surface area contributed by atoms with Crippen molar-refractivity contribution >= 4 is 23.2 Å². The third kappa shape index (κ3) is 5.66. The largest absolute Gasteiger partial charge is 0.323 e. The van der Waals surface area contributed by atoms with Crippen molar-refractivity contribution in [3.05, 3.63) is 64.7 Å². The molecule has 0 aliphatic carbocycles. The van der Waals surface area contributed by atoms with Gasteiger partial charge in [0.25, 0.3) is 0 Å². The number of anilines is 1. The van der Waals surface area contributed by atoms with Crippen LogP contribution >= 0.6 is 11.6 Å². The highest BCUT2D eigenvalue weighted by Crippen LogP contribution is 2.25. The molecule has 0 spiro atoms. The molecular formula is C20H25ClN2O. The third-order valence-corrected chi connectivity index (χ3v) is 4.25. The number of nitrogens with one attached hydrogen (secondary N) is 1. The van der Waals surface area contributed by atoms with E-state index in [1.54, 1.807) is 6.07 Å². The van der Waals surface area contributed by atoms with Crippen molar-refractivity contribution in [3.8, 4) is 0 Å².